The summed E-state index contributed by atoms with van der Waals surface area (Å²) in [5, 5.41) is 17.3. The van der Waals surface area contributed by atoms with Crippen LogP contribution in [0.1, 0.15) is 31.2 Å². The minimum Gasteiger partial charge on any atom is -0.387 e. The molecule has 0 bridgehead atoms. The first-order valence-corrected chi connectivity index (χ1v) is 8.44. The maximum absolute atomic E-state index is 12.6. The van der Waals surface area contributed by atoms with Gasteiger partial charge in [0.25, 0.3) is 0 Å². The van der Waals surface area contributed by atoms with Gasteiger partial charge in [0.05, 0.1) is 11.8 Å². The third-order valence-corrected chi connectivity index (χ3v) is 5.05. The number of carbonyl (C=O) groups excluding carboxylic acids is 1. The van der Waals surface area contributed by atoms with Gasteiger partial charge in [-0.2, -0.15) is 0 Å². The normalized spacial score (nSPS) is 30.4. The van der Waals surface area contributed by atoms with Gasteiger partial charge in [0.2, 0.25) is 5.91 Å². The van der Waals surface area contributed by atoms with E-state index in [0.717, 1.165) is 12.0 Å². The van der Waals surface area contributed by atoms with Crippen molar-refractivity contribution in [1.29, 1.82) is 0 Å². The van der Waals surface area contributed by atoms with Crippen molar-refractivity contribution in [3.8, 4) is 0 Å². The van der Waals surface area contributed by atoms with Crippen LogP contribution in [0.25, 0.3) is 0 Å². The molecule has 1 aliphatic carbocycles. The molecule has 1 fully saturated rings. The van der Waals surface area contributed by atoms with Crippen LogP contribution in [0.15, 0.2) is 29.3 Å². The zero-order valence-electron chi connectivity index (χ0n) is 13.2. The number of aliphatic hydroxyl groups excluding tert-OH is 1. The van der Waals surface area contributed by atoms with Crippen LogP contribution in [-0.2, 0) is 10.3 Å². The van der Waals surface area contributed by atoms with E-state index >= 15 is 0 Å². The Morgan fingerprint density at radius 2 is 2.26 bits per heavy atom. The number of halogens is 1. The molecule has 0 radical (unpaired) electrons. The maximum atomic E-state index is 12.6. The van der Waals surface area contributed by atoms with Crippen LogP contribution in [0.4, 0.5) is 0 Å². The molecule has 1 aliphatic heterocycles. The van der Waals surface area contributed by atoms with E-state index in [-0.39, 0.29) is 5.91 Å². The largest absolute Gasteiger partial charge is 0.387 e. The fourth-order valence-electron chi connectivity index (χ4n) is 3.58. The molecule has 1 heterocycles. The SMILES string of the molecule is CNCCC1N=C2[C@H](O)CCCC2(c2ccccc2Cl)NC1=O. The molecule has 0 spiro atoms. The fourth-order valence-corrected chi connectivity index (χ4v) is 3.87. The van der Waals surface area contributed by atoms with Crippen LogP contribution < -0.4 is 10.6 Å². The minimum absolute atomic E-state index is 0.0991. The van der Waals surface area contributed by atoms with Gasteiger partial charge in [-0.05, 0) is 45.3 Å². The Balaban J connectivity index is 2.07. The first-order chi connectivity index (χ1) is 11.1. The molecule has 2 aliphatic rings. The molecule has 5 nitrogen and oxygen atoms in total. The summed E-state index contributed by atoms with van der Waals surface area (Å²) in [7, 11) is 1.84. The van der Waals surface area contributed by atoms with E-state index in [4.69, 9.17) is 11.6 Å². The third-order valence-electron chi connectivity index (χ3n) is 4.72. The average molecular weight is 336 g/mol. The Morgan fingerprint density at radius 3 is 3.00 bits per heavy atom. The summed E-state index contributed by atoms with van der Waals surface area (Å²) in [4.78, 5) is 17.2. The first-order valence-electron chi connectivity index (χ1n) is 8.06. The smallest absolute Gasteiger partial charge is 0.245 e. The van der Waals surface area contributed by atoms with Crippen molar-refractivity contribution >= 4 is 23.2 Å². The molecule has 124 valence electrons. The highest BCUT2D eigenvalue weighted by Gasteiger charge is 2.49. The molecule has 2 unspecified atom stereocenters. The van der Waals surface area contributed by atoms with Gasteiger partial charge in [0, 0.05) is 10.6 Å². The van der Waals surface area contributed by atoms with Crippen LogP contribution in [0.3, 0.4) is 0 Å². The highest BCUT2D eigenvalue weighted by atomic mass is 35.5. The van der Waals surface area contributed by atoms with Crippen molar-refractivity contribution in [2.24, 2.45) is 4.99 Å². The first kappa shape index (κ1) is 16.4. The van der Waals surface area contributed by atoms with Crippen molar-refractivity contribution in [3.63, 3.8) is 0 Å². The van der Waals surface area contributed by atoms with Crippen molar-refractivity contribution in [2.45, 2.75) is 43.4 Å². The van der Waals surface area contributed by atoms with E-state index in [9.17, 15) is 9.90 Å². The molecule has 3 rings (SSSR count). The van der Waals surface area contributed by atoms with E-state index in [1.807, 2.05) is 31.3 Å². The Hall–Kier alpha value is -1.43. The second-order valence-electron chi connectivity index (χ2n) is 6.20. The van der Waals surface area contributed by atoms with Gasteiger partial charge in [-0.15, -0.1) is 0 Å². The molecule has 1 amide bonds. The predicted octanol–water partition coefficient (Wildman–Crippen LogP) is 1.63. The molecular weight excluding hydrogens is 314 g/mol. The third kappa shape index (κ3) is 2.89. The van der Waals surface area contributed by atoms with Gasteiger partial charge in [-0.1, -0.05) is 29.8 Å². The number of aliphatic imine (C=N–C) groups is 1. The minimum atomic E-state index is -0.775. The summed E-state index contributed by atoms with van der Waals surface area (Å²) in [6.45, 7) is 0.698. The van der Waals surface area contributed by atoms with Crippen molar-refractivity contribution in [2.75, 3.05) is 13.6 Å². The summed E-state index contributed by atoms with van der Waals surface area (Å²) in [5.41, 5.74) is 0.695. The van der Waals surface area contributed by atoms with Gasteiger partial charge in [0.15, 0.2) is 0 Å². The number of hydrogen-bond acceptors (Lipinski definition) is 4. The Morgan fingerprint density at radius 1 is 1.48 bits per heavy atom. The van der Waals surface area contributed by atoms with Gasteiger partial charge in [0.1, 0.15) is 11.6 Å². The number of aliphatic hydroxyl groups is 1. The molecule has 0 saturated heterocycles. The summed E-state index contributed by atoms with van der Waals surface area (Å²) >= 11 is 6.39. The summed E-state index contributed by atoms with van der Waals surface area (Å²) in [6, 6.07) is 7.01. The summed E-state index contributed by atoms with van der Waals surface area (Å²) in [6.07, 6.45) is 2.15. The number of hydrogen-bond donors (Lipinski definition) is 3. The zero-order valence-corrected chi connectivity index (χ0v) is 13.9. The maximum Gasteiger partial charge on any atom is 0.245 e. The number of carbonyl (C=O) groups is 1. The standard InChI is InChI=1S/C17H22ClN3O2/c1-19-10-8-13-16(23)21-17(11-5-2-3-6-12(11)18)9-4-7-14(22)15(17)20-13/h2-3,5-6,13-14,19,22H,4,7-10H2,1H3,(H,21,23)/t13?,14-,17?/m1/s1. The van der Waals surface area contributed by atoms with Crippen LogP contribution in [-0.4, -0.2) is 42.5 Å². The number of nitrogens with zero attached hydrogens (tertiary/aromatic N) is 1. The summed E-state index contributed by atoms with van der Waals surface area (Å²) in [5.74, 6) is -0.0991. The second-order valence-corrected chi connectivity index (χ2v) is 6.61. The van der Waals surface area contributed by atoms with E-state index in [2.05, 4.69) is 15.6 Å². The monoisotopic (exact) mass is 335 g/mol. The van der Waals surface area contributed by atoms with Crippen LogP contribution in [0.2, 0.25) is 5.02 Å². The molecule has 23 heavy (non-hydrogen) atoms. The average Bonchev–Trinajstić information content (AvgIpc) is 2.54. The van der Waals surface area contributed by atoms with Crippen LogP contribution in [0, 0.1) is 0 Å². The topological polar surface area (TPSA) is 73.7 Å². The molecule has 0 aromatic heterocycles. The lowest BCUT2D eigenvalue weighted by Gasteiger charge is -2.45. The Labute approximate surface area is 141 Å². The summed E-state index contributed by atoms with van der Waals surface area (Å²) < 4.78 is 0. The number of benzene rings is 1. The van der Waals surface area contributed by atoms with Crippen molar-refractivity contribution < 1.29 is 9.90 Å². The Kier molecular flexibility index (Phi) is 4.71. The van der Waals surface area contributed by atoms with Crippen molar-refractivity contribution in [3.05, 3.63) is 34.9 Å². The zero-order chi connectivity index (χ0) is 16.4. The molecule has 3 atom stereocenters. The van der Waals surface area contributed by atoms with Crippen molar-refractivity contribution in [1.82, 2.24) is 10.6 Å². The number of fused-ring (bicyclic) bond motifs is 1. The molecule has 6 heteroatoms. The molecule has 1 saturated carbocycles. The lowest BCUT2D eigenvalue weighted by atomic mass is 9.72. The second kappa shape index (κ2) is 6.59. The van der Waals surface area contributed by atoms with E-state index in [1.165, 1.54) is 0 Å². The fraction of sp³-hybridized carbons (Fsp3) is 0.529. The lowest BCUT2D eigenvalue weighted by Crippen LogP contribution is -2.62. The molecule has 3 N–H and O–H groups in total. The number of rotatable bonds is 4. The lowest BCUT2D eigenvalue weighted by molar-refractivity contribution is -0.124. The number of nitrogens with one attached hydrogen (secondary N) is 2. The number of amides is 1. The van der Waals surface area contributed by atoms with Gasteiger partial charge < -0.3 is 15.7 Å². The van der Waals surface area contributed by atoms with Gasteiger partial charge in [-0.3, -0.25) is 9.79 Å². The highest BCUT2D eigenvalue weighted by Crippen LogP contribution is 2.40. The van der Waals surface area contributed by atoms with E-state index in [1.54, 1.807) is 0 Å². The quantitative estimate of drug-likeness (QED) is 0.783. The molecular formula is C17H22ClN3O2. The van der Waals surface area contributed by atoms with Gasteiger partial charge >= 0.3 is 0 Å². The predicted molar refractivity (Wildman–Crippen MR) is 90.9 cm³/mol. The highest BCUT2D eigenvalue weighted by molar-refractivity contribution is 6.32. The molecule has 1 aromatic rings. The van der Waals surface area contributed by atoms with Crippen LogP contribution in [0.5, 0.6) is 0 Å². The molecule has 1 aromatic carbocycles. The van der Waals surface area contributed by atoms with E-state index < -0.39 is 17.7 Å². The van der Waals surface area contributed by atoms with E-state index in [0.29, 0.717) is 36.5 Å². The Bertz CT molecular complexity index is 634. The van der Waals surface area contributed by atoms with Crippen LogP contribution >= 0.6 is 11.6 Å². The van der Waals surface area contributed by atoms with Gasteiger partial charge in [-0.25, -0.2) is 0 Å².